The first kappa shape index (κ1) is 17.9. The van der Waals surface area contributed by atoms with E-state index < -0.39 is 0 Å². The van der Waals surface area contributed by atoms with Crippen molar-refractivity contribution in [3.63, 3.8) is 0 Å². The maximum atomic E-state index is 6.05. The summed E-state index contributed by atoms with van der Waals surface area (Å²) in [5, 5.41) is 0. The molecule has 3 rings (SSSR count). The van der Waals surface area contributed by atoms with Crippen molar-refractivity contribution in [1.82, 2.24) is 9.80 Å². The van der Waals surface area contributed by atoms with Crippen molar-refractivity contribution in [3.05, 3.63) is 35.4 Å². The summed E-state index contributed by atoms with van der Waals surface area (Å²) in [6.45, 7) is 13.6. The second kappa shape index (κ2) is 7.15. The third-order valence-electron chi connectivity index (χ3n) is 6.00. The zero-order valence-electron chi connectivity index (χ0n) is 16.0. The Balaban J connectivity index is 1.76. The normalized spacial score (nSPS) is 28.8. The number of hydrogen-bond donors (Lipinski definition) is 0. The van der Waals surface area contributed by atoms with Crippen LogP contribution in [0.3, 0.4) is 0 Å². The number of likely N-dealkylation sites (N-methyl/N-ethyl adjacent to an activating group) is 1. The molecule has 2 fully saturated rings. The summed E-state index contributed by atoms with van der Waals surface area (Å²) in [6.07, 6.45) is 3.51. The van der Waals surface area contributed by atoms with Gasteiger partial charge in [-0.3, -0.25) is 0 Å². The van der Waals surface area contributed by atoms with Gasteiger partial charge in [-0.25, -0.2) is 0 Å². The highest BCUT2D eigenvalue weighted by molar-refractivity contribution is 5.30. The number of hydrogen-bond acceptors (Lipinski definition) is 3. The van der Waals surface area contributed by atoms with Crippen LogP contribution in [0.1, 0.15) is 44.2 Å². The Labute approximate surface area is 148 Å². The molecule has 24 heavy (non-hydrogen) atoms. The average molecular weight is 331 g/mol. The quantitative estimate of drug-likeness (QED) is 0.841. The molecular weight excluding hydrogens is 296 g/mol. The minimum Gasteiger partial charge on any atom is -0.376 e. The molecule has 0 N–H and O–H groups in total. The van der Waals surface area contributed by atoms with Crippen LogP contribution in [0.2, 0.25) is 0 Å². The molecule has 1 atom stereocenters. The van der Waals surface area contributed by atoms with Gasteiger partial charge in [0.1, 0.15) is 0 Å². The summed E-state index contributed by atoms with van der Waals surface area (Å²) in [5.41, 5.74) is 3.10. The van der Waals surface area contributed by atoms with E-state index in [0.717, 1.165) is 19.4 Å². The Bertz CT molecular complexity index is 531. The highest BCUT2D eigenvalue weighted by atomic mass is 16.5. The second-order valence-electron chi connectivity index (χ2n) is 8.58. The lowest BCUT2D eigenvalue weighted by molar-refractivity contribution is -0.0856. The van der Waals surface area contributed by atoms with Crippen molar-refractivity contribution in [2.45, 2.75) is 51.0 Å². The van der Waals surface area contributed by atoms with E-state index in [2.05, 4.69) is 61.9 Å². The number of piperazine rings is 1. The van der Waals surface area contributed by atoms with Crippen LogP contribution < -0.4 is 0 Å². The third kappa shape index (κ3) is 4.19. The van der Waals surface area contributed by atoms with Crippen molar-refractivity contribution >= 4 is 0 Å². The van der Waals surface area contributed by atoms with Crippen molar-refractivity contribution in [1.29, 1.82) is 0 Å². The lowest BCUT2D eigenvalue weighted by atomic mass is 9.67. The molecule has 0 radical (unpaired) electrons. The molecule has 134 valence electrons. The molecule has 2 saturated heterocycles. The van der Waals surface area contributed by atoms with Gasteiger partial charge < -0.3 is 14.5 Å². The van der Waals surface area contributed by atoms with Crippen LogP contribution in [-0.4, -0.2) is 61.8 Å². The standard InChI is InChI=1S/C21H34N2O/c1-18-5-7-19(8-6-18)21(10-16-24-20(2,3)17-21)9-11-23-14-12-22(4)13-15-23/h5-8H,9-17H2,1-4H3/t21-/m0/s1. The number of rotatable bonds is 4. The van der Waals surface area contributed by atoms with Gasteiger partial charge in [-0.05, 0) is 59.2 Å². The monoisotopic (exact) mass is 330 g/mol. The highest BCUT2D eigenvalue weighted by Crippen LogP contribution is 2.44. The van der Waals surface area contributed by atoms with Crippen LogP contribution in [-0.2, 0) is 10.2 Å². The molecule has 2 aliphatic heterocycles. The zero-order valence-corrected chi connectivity index (χ0v) is 16.0. The van der Waals surface area contributed by atoms with Gasteiger partial charge in [-0.2, -0.15) is 0 Å². The third-order valence-corrected chi connectivity index (χ3v) is 6.00. The molecule has 0 amide bonds. The molecule has 0 unspecified atom stereocenters. The van der Waals surface area contributed by atoms with E-state index in [1.807, 2.05) is 0 Å². The molecule has 1 aromatic rings. The fraction of sp³-hybridized carbons (Fsp3) is 0.714. The van der Waals surface area contributed by atoms with Gasteiger partial charge in [0.25, 0.3) is 0 Å². The smallest absolute Gasteiger partial charge is 0.0635 e. The van der Waals surface area contributed by atoms with Crippen molar-refractivity contribution in [3.8, 4) is 0 Å². The predicted molar refractivity (Wildman–Crippen MR) is 101 cm³/mol. The van der Waals surface area contributed by atoms with E-state index in [-0.39, 0.29) is 11.0 Å². The van der Waals surface area contributed by atoms with Gasteiger partial charge in [0.15, 0.2) is 0 Å². The molecule has 0 saturated carbocycles. The maximum absolute atomic E-state index is 6.05. The minimum absolute atomic E-state index is 0.0226. The number of aryl methyl sites for hydroxylation is 1. The first-order chi connectivity index (χ1) is 11.4. The molecule has 3 heteroatoms. The summed E-state index contributed by atoms with van der Waals surface area (Å²) in [7, 11) is 2.23. The first-order valence-corrected chi connectivity index (χ1v) is 9.51. The van der Waals surface area contributed by atoms with Gasteiger partial charge in [0, 0.05) is 38.2 Å². The lowest BCUT2D eigenvalue weighted by Crippen LogP contribution is -2.48. The molecule has 2 aliphatic rings. The highest BCUT2D eigenvalue weighted by Gasteiger charge is 2.42. The van der Waals surface area contributed by atoms with Crippen molar-refractivity contribution in [2.75, 3.05) is 46.4 Å². The van der Waals surface area contributed by atoms with Crippen molar-refractivity contribution < 1.29 is 4.74 Å². The van der Waals surface area contributed by atoms with Crippen LogP contribution >= 0.6 is 0 Å². The van der Waals surface area contributed by atoms with Gasteiger partial charge in [0.05, 0.1) is 5.60 Å². The van der Waals surface area contributed by atoms with Gasteiger partial charge in [-0.1, -0.05) is 29.8 Å². The second-order valence-corrected chi connectivity index (χ2v) is 8.58. The fourth-order valence-corrected chi connectivity index (χ4v) is 4.43. The number of benzene rings is 1. The van der Waals surface area contributed by atoms with Gasteiger partial charge in [-0.15, -0.1) is 0 Å². The summed E-state index contributed by atoms with van der Waals surface area (Å²) in [6, 6.07) is 9.27. The van der Waals surface area contributed by atoms with Crippen molar-refractivity contribution in [2.24, 2.45) is 0 Å². The van der Waals surface area contributed by atoms with E-state index in [0.29, 0.717) is 0 Å². The van der Waals surface area contributed by atoms with Gasteiger partial charge in [0.2, 0.25) is 0 Å². The maximum Gasteiger partial charge on any atom is 0.0635 e. The minimum atomic E-state index is -0.0226. The van der Waals surface area contributed by atoms with Crippen LogP contribution in [0, 0.1) is 6.92 Å². The Morgan fingerprint density at radius 3 is 2.33 bits per heavy atom. The van der Waals surface area contributed by atoms with Crippen LogP contribution in [0.15, 0.2) is 24.3 Å². The lowest BCUT2D eigenvalue weighted by Gasteiger charge is -2.46. The molecule has 0 aliphatic carbocycles. The summed E-state index contributed by atoms with van der Waals surface area (Å²) in [4.78, 5) is 5.09. The van der Waals surface area contributed by atoms with Crippen LogP contribution in [0.25, 0.3) is 0 Å². The summed E-state index contributed by atoms with van der Waals surface area (Å²) in [5.74, 6) is 0. The predicted octanol–water partition coefficient (Wildman–Crippen LogP) is 3.46. The van der Waals surface area contributed by atoms with E-state index in [4.69, 9.17) is 4.74 Å². The molecule has 1 aromatic carbocycles. The summed E-state index contributed by atoms with van der Waals surface area (Å²) < 4.78 is 6.05. The topological polar surface area (TPSA) is 15.7 Å². The molecule has 2 heterocycles. The van der Waals surface area contributed by atoms with E-state index in [1.165, 1.54) is 50.3 Å². The van der Waals surface area contributed by atoms with Crippen LogP contribution in [0.5, 0.6) is 0 Å². The van der Waals surface area contributed by atoms with Gasteiger partial charge >= 0.3 is 0 Å². The molecule has 0 aromatic heterocycles. The van der Waals surface area contributed by atoms with E-state index in [9.17, 15) is 0 Å². The van der Waals surface area contributed by atoms with E-state index >= 15 is 0 Å². The largest absolute Gasteiger partial charge is 0.376 e. The Kier molecular flexibility index (Phi) is 5.33. The average Bonchev–Trinajstić information content (AvgIpc) is 2.54. The Morgan fingerprint density at radius 2 is 1.71 bits per heavy atom. The Hall–Kier alpha value is -0.900. The van der Waals surface area contributed by atoms with E-state index in [1.54, 1.807) is 0 Å². The fourth-order valence-electron chi connectivity index (χ4n) is 4.43. The Morgan fingerprint density at radius 1 is 1.04 bits per heavy atom. The molecule has 3 nitrogen and oxygen atoms in total. The SMILES string of the molecule is Cc1ccc([C@@]2(CCN3CCN(C)CC3)CCOC(C)(C)C2)cc1. The molecule has 0 bridgehead atoms. The summed E-state index contributed by atoms with van der Waals surface area (Å²) >= 11 is 0. The zero-order chi connectivity index (χ0) is 17.2. The van der Waals surface area contributed by atoms with Crippen LogP contribution in [0.4, 0.5) is 0 Å². The molecular formula is C21H34N2O. The number of ether oxygens (including phenoxy) is 1. The number of nitrogens with zero attached hydrogens (tertiary/aromatic N) is 2. The first-order valence-electron chi connectivity index (χ1n) is 9.51. The molecule has 0 spiro atoms.